The van der Waals surface area contributed by atoms with Crippen molar-refractivity contribution in [1.82, 2.24) is 24.5 Å². The Kier molecular flexibility index (Phi) is 4.55. The Morgan fingerprint density at radius 3 is 2.75 bits per heavy atom. The Labute approximate surface area is 159 Å². The fourth-order valence-corrected chi connectivity index (χ4v) is 2.76. The first-order chi connectivity index (χ1) is 13.7. The molecule has 0 aliphatic carbocycles. The van der Waals surface area contributed by atoms with E-state index in [1.807, 2.05) is 30.3 Å². The normalized spacial score (nSPS) is 10.8. The minimum atomic E-state index is -0.437. The van der Waals surface area contributed by atoms with Crippen LogP contribution < -0.4 is 15.6 Å². The predicted octanol–water partition coefficient (Wildman–Crippen LogP) is 1.62. The lowest BCUT2D eigenvalue weighted by molar-refractivity contribution is -0.116. The highest BCUT2D eigenvalue weighted by Crippen LogP contribution is 2.16. The quantitative estimate of drug-likeness (QED) is 0.568. The van der Waals surface area contributed by atoms with Crippen LogP contribution in [0.1, 0.15) is 0 Å². The van der Waals surface area contributed by atoms with Gasteiger partial charge in [-0.1, -0.05) is 29.5 Å². The van der Waals surface area contributed by atoms with Crippen LogP contribution in [0.15, 0.2) is 65.7 Å². The Hall–Kier alpha value is -4.01. The average molecular weight is 376 g/mol. The van der Waals surface area contributed by atoms with Crippen LogP contribution in [0.5, 0.6) is 5.75 Å². The van der Waals surface area contributed by atoms with Gasteiger partial charge in [0.1, 0.15) is 18.6 Å². The zero-order chi connectivity index (χ0) is 19.5. The maximum atomic E-state index is 12.7. The van der Waals surface area contributed by atoms with E-state index >= 15 is 0 Å². The molecule has 0 unspecified atom stereocenters. The lowest BCUT2D eigenvalue weighted by Gasteiger charge is -2.08. The molecule has 0 saturated heterocycles. The minimum absolute atomic E-state index is 0.0977. The molecule has 0 aliphatic rings. The molecule has 4 rings (SSSR count). The number of carbonyl (C=O) groups excluding carboxylic acids is 1. The van der Waals surface area contributed by atoms with Crippen molar-refractivity contribution >= 4 is 22.8 Å². The van der Waals surface area contributed by atoms with E-state index in [0.29, 0.717) is 17.1 Å². The number of ether oxygens (including phenoxy) is 1. The number of methoxy groups -OCH3 is 1. The van der Waals surface area contributed by atoms with Crippen molar-refractivity contribution in [2.24, 2.45) is 0 Å². The topological polar surface area (TPSA) is 104 Å². The molecule has 9 nitrogen and oxygen atoms in total. The Balaban J connectivity index is 1.59. The molecule has 2 heterocycles. The van der Waals surface area contributed by atoms with Gasteiger partial charge in [0.25, 0.3) is 5.56 Å². The zero-order valence-corrected chi connectivity index (χ0v) is 14.9. The second-order valence-electron chi connectivity index (χ2n) is 5.97. The fraction of sp³-hybridized carbons (Fsp3) is 0.105. The van der Waals surface area contributed by atoms with Gasteiger partial charge in [-0.3, -0.25) is 14.2 Å². The molecule has 9 heteroatoms. The van der Waals surface area contributed by atoms with Crippen LogP contribution in [0.4, 0.5) is 5.69 Å². The lowest BCUT2D eigenvalue weighted by atomic mass is 10.3. The van der Waals surface area contributed by atoms with E-state index in [2.05, 4.69) is 20.6 Å². The minimum Gasteiger partial charge on any atom is -0.497 e. The summed E-state index contributed by atoms with van der Waals surface area (Å²) >= 11 is 0. The number of benzene rings is 2. The standard InChI is InChI=1S/C19H16N6O3/c1-28-15-9-5-6-13(10-15)21-16(26)11-24-12-20-18-17(19(24)27)22-23-25(18)14-7-3-2-4-8-14/h2-10,12H,11H2,1H3,(H,21,26). The zero-order valence-electron chi connectivity index (χ0n) is 14.9. The van der Waals surface area contributed by atoms with Gasteiger partial charge in [-0.15, -0.1) is 5.10 Å². The predicted molar refractivity (Wildman–Crippen MR) is 103 cm³/mol. The molecule has 28 heavy (non-hydrogen) atoms. The summed E-state index contributed by atoms with van der Waals surface area (Å²) < 4.78 is 7.81. The van der Waals surface area contributed by atoms with Gasteiger partial charge in [0, 0.05) is 11.8 Å². The molecule has 2 aromatic carbocycles. The van der Waals surface area contributed by atoms with Gasteiger partial charge < -0.3 is 10.1 Å². The monoisotopic (exact) mass is 376 g/mol. The van der Waals surface area contributed by atoms with Crippen LogP contribution in [0.3, 0.4) is 0 Å². The van der Waals surface area contributed by atoms with E-state index in [1.165, 1.54) is 15.6 Å². The number of nitrogens with zero attached hydrogens (tertiary/aromatic N) is 5. The van der Waals surface area contributed by atoms with Gasteiger partial charge >= 0.3 is 0 Å². The number of carbonyl (C=O) groups is 1. The van der Waals surface area contributed by atoms with Crippen molar-refractivity contribution in [3.63, 3.8) is 0 Å². The van der Waals surface area contributed by atoms with Crippen LogP contribution in [-0.4, -0.2) is 37.6 Å². The molecule has 0 atom stereocenters. The largest absolute Gasteiger partial charge is 0.497 e. The van der Waals surface area contributed by atoms with Crippen LogP contribution in [-0.2, 0) is 11.3 Å². The summed E-state index contributed by atoms with van der Waals surface area (Å²) in [5.41, 5.74) is 1.31. The van der Waals surface area contributed by atoms with E-state index < -0.39 is 5.56 Å². The summed E-state index contributed by atoms with van der Waals surface area (Å²) in [4.78, 5) is 29.3. The highest BCUT2D eigenvalue weighted by molar-refractivity contribution is 5.90. The summed E-state index contributed by atoms with van der Waals surface area (Å²) in [5, 5.41) is 10.7. The van der Waals surface area contributed by atoms with Crippen molar-refractivity contribution in [2.75, 3.05) is 12.4 Å². The van der Waals surface area contributed by atoms with Crippen LogP contribution in [0.25, 0.3) is 16.9 Å². The third kappa shape index (κ3) is 3.32. The number of hydrogen-bond donors (Lipinski definition) is 1. The third-order valence-electron chi connectivity index (χ3n) is 4.10. The first-order valence-corrected chi connectivity index (χ1v) is 8.46. The number of hydrogen-bond acceptors (Lipinski definition) is 6. The average Bonchev–Trinajstić information content (AvgIpc) is 3.16. The first kappa shape index (κ1) is 17.4. The van der Waals surface area contributed by atoms with E-state index in [4.69, 9.17) is 4.74 Å². The van der Waals surface area contributed by atoms with Gasteiger partial charge in [-0.2, -0.15) is 4.68 Å². The van der Waals surface area contributed by atoms with Gasteiger partial charge in [0.15, 0.2) is 11.2 Å². The number of rotatable bonds is 5. The molecule has 4 aromatic rings. The SMILES string of the molecule is COc1cccc(NC(=O)Cn2cnc3c(nnn3-c3ccccc3)c2=O)c1. The summed E-state index contributed by atoms with van der Waals surface area (Å²) in [6, 6.07) is 16.2. The van der Waals surface area contributed by atoms with Crippen LogP contribution in [0, 0.1) is 0 Å². The van der Waals surface area contributed by atoms with Crippen molar-refractivity contribution in [2.45, 2.75) is 6.54 Å². The molecule has 0 saturated carbocycles. The van der Waals surface area contributed by atoms with E-state index in [0.717, 1.165) is 5.69 Å². The summed E-state index contributed by atoms with van der Waals surface area (Å²) in [5.74, 6) is 0.252. The molecule has 0 fully saturated rings. The molecule has 0 spiro atoms. The van der Waals surface area contributed by atoms with Gasteiger partial charge in [0.05, 0.1) is 12.8 Å². The molecule has 0 aliphatic heterocycles. The van der Waals surface area contributed by atoms with Gasteiger partial charge in [0.2, 0.25) is 5.91 Å². The molecule has 1 amide bonds. The molecule has 140 valence electrons. The Bertz CT molecular complexity index is 1200. The Morgan fingerprint density at radius 1 is 1.14 bits per heavy atom. The second kappa shape index (κ2) is 7.31. The number of para-hydroxylation sites is 1. The molecular weight excluding hydrogens is 360 g/mol. The second-order valence-corrected chi connectivity index (χ2v) is 5.97. The summed E-state index contributed by atoms with van der Waals surface area (Å²) in [7, 11) is 1.55. The highest BCUT2D eigenvalue weighted by Gasteiger charge is 2.14. The number of anilines is 1. The summed E-state index contributed by atoms with van der Waals surface area (Å²) in [6.45, 7) is -0.197. The lowest BCUT2D eigenvalue weighted by Crippen LogP contribution is -2.28. The number of amides is 1. The van der Waals surface area contributed by atoms with Crippen molar-refractivity contribution in [3.05, 3.63) is 71.3 Å². The highest BCUT2D eigenvalue weighted by atomic mass is 16.5. The van der Waals surface area contributed by atoms with Crippen LogP contribution in [0.2, 0.25) is 0 Å². The molecule has 0 bridgehead atoms. The molecule has 2 aromatic heterocycles. The van der Waals surface area contributed by atoms with Crippen molar-refractivity contribution in [3.8, 4) is 11.4 Å². The molecule has 1 N–H and O–H groups in total. The maximum absolute atomic E-state index is 12.7. The number of fused-ring (bicyclic) bond motifs is 1. The number of nitrogens with one attached hydrogen (secondary N) is 1. The molecule has 0 radical (unpaired) electrons. The summed E-state index contributed by atoms with van der Waals surface area (Å²) in [6.07, 6.45) is 1.32. The van der Waals surface area contributed by atoms with Gasteiger partial charge in [-0.05, 0) is 24.3 Å². The van der Waals surface area contributed by atoms with E-state index in [-0.39, 0.29) is 18.0 Å². The van der Waals surface area contributed by atoms with Crippen molar-refractivity contribution < 1.29 is 9.53 Å². The smallest absolute Gasteiger partial charge is 0.284 e. The van der Waals surface area contributed by atoms with Crippen LogP contribution >= 0.6 is 0 Å². The molecular formula is C19H16N6O3. The Morgan fingerprint density at radius 2 is 1.96 bits per heavy atom. The third-order valence-corrected chi connectivity index (χ3v) is 4.10. The fourth-order valence-electron chi connectivity index (χ4n) is 2.76. The van der Waals surface area contributed by atoms with E-state index in [1.54, 1.807) is 31.4 Å². The first-order valence-electron chi connectivity index (χ1n) is 8.46. The van der Waals surface area contributed by atoms with Gasteiger partial charge in [-0.25, -0.2) is 4.98 Å². The maximum Gasteiger partial charge on any atom is 0.284 e. The number of aromatic nitrogens is 5. The van der Waals surface area contributed by atoms with E-state index in [9.17, 15) is 9.59 Å². The van der Waals surface area contributed by atoms with Crippen molar-refractivity contribution in [1.29, 1.82) is 0 Å².